The molecule has 0 aliphatic heterocycles. The second-order valence-corrected chi connectivity index (χ2v) is 4.46. The number of hydrogen-bond acceptors (Lipinski definition) is 3. The molecule has 2 heterocycles. The van der Waals surface area contributed by atoms with Gasteiger partial charge in [0.1, 0.15) is 5.58 Å². The monoisotopic (exact) mass is 247 g/mol. The quantitative estimate of drug-likeness (QED) is 0.271. The van der Waals surface area contributed by atoms with Gasteiger partial charge >= 0.3 is 5.63 Å². The van der Waals surface area contributed by atoms with Crippen LogP contribution in [0.1, 0.15) is 0 Å². The van der Waals surface area contributed by atoms with Gasteiger partial charge in [-0.25, -0.2) is 9.78 Å². The maximum absolute atomic E-state index is 12.0. The Hall–Kier alpha value is -2.68. The fourth-order valence-electron chi connectivity index (χ4n) is 2.38. The van der Waals surface area contributed by atoms with Gasteiger partial charge in [-0.3, -0.25) is 0 Å². The van der Waals surface area contributed by atoms with Crippen molar-refractivity contribution in [2.24, 2.45) is 0 Å². The Kier molecular flexibility index (Phi) is 1.97. The van der Waals surface area contributed by atoms with Crippen LogP contribution < -0.4 is 5.63 Å². The molecule has 0 amide bonds. The Balaban J connectivity index is 2.34. The molecule has 2 aromatic carbocycles. The first-order valence-electron chi connectivity index (χ1n) is 6.04. The third-order valence-corrected chi connectivity index (χ3v) is 3.29. The minimum absolute atomic E-state index is 0.341. The van der Waals surface area contributed by atoms with Crippen LogP contribution in [0.4, 0.5) is 0 Å². The molecule has 2 aromatic heterocycles. The van der Waals surface area contributed by atoms with E-state index in [1.54, 1.807) is 6.07 Å². The smallest absolute Gasteiger partial charge is 0.345 e. The molecular weight excluding hydrogens is 238 g/mol. The molecule has 3 heteroatoms. The molecule has 0 unspecified atom stereocenters. The third kappa shape index (κ3) is 1.45. The predicted octanol–water partition coefficient (Wildman–Crippen LogP) is 3.49. The lowest BCUT2D eigenvalue weighted by atomic mass is 10.1. The molecule has 0 spiro atoms. The van der Waals surface area contributed by atoms with Crippen molar-refractivity contribution in [1.82, 2.24) is 4.98 Å². The van der Waals surface area contributed by atoms with Crippen LogP contribution in [-0.4, -0.2) is 4.98 Å². The van der Waals surface area contributed by atoms with E-state index in [1.165, 1.54) is 0 Å². The van der Waals surface area contributed by atoms with Crippen LogP contribution in [-0.2, 0) is 0 Å². The molecule has 19 heavy (non-hydrogen) atoms. The minimum atomic E-state index is -0.341. The average Bonchev–Trinajstić information content (AvgIpc) is 2.46. The van der Waals surface area contributed by atoms with Gasteiger partial charge in [0, 0.05) is 10.8 Å². The Bertz CT molecular complexity index is 986. The van der Waals surface area contributed by atoms with E-state index in [9.17, 15) is 4.79 Å². The number of aromatic nitrogens is 1. The fraction of sp³-hybridized carbons (Fsp3) is 0. The Morgan fingerprint density at radius 1 is 0.895 bits per heavy atom. The van der Waals surface area contributed by atoms with Crippen LogP contribution in [0.15, 0.2) is 63.8 Å². The molecule has 0 saturated carbocycles. The maximum Gasteiger partial charge on any atom is 0.345 e. The Morgan fingerprint density at radius 2 is 1.68 bits per heavy atom. The maximum atomic E-state index is 12.0. The van der Waals surface area contributed by atoms with Crippen LogP contribution in [0.5, 0.6) is 0 Å². The summed E-state index contributed by atoms with van der Waals surface area (Å²) in [5.41, 5.74) is 1.81. The number of fused-ring (bicyclic) bond motifs is 4. The molecule has 0 radical (unpaired) electrons. The third-order valence-electron chi connectivity index (χ3n) is 3.29. The highest BCUT2D eigenvalue weighted by Gasteiger charge is 2.09. The van der Waals surface area contributed by atoms with Gasteiger partial charge in [-0.1, -0.05) is 30.3 Å². The molecular formula is C16H9NO2. The number of nitrogens with zero attached hydrogens (tertiary/aromatic N) is 1. The number of pyridine rings is 1. The van der Waals surface area contributed by atoms with E-state index in [2.05, 4.69) is 4.98 Å². The van der Waals surface area contributed by atoms with Gasteiger partial charge < -0.3 is 4.42 Å². The van der Waals surface area contributed by atoms with Crippen molar-refractivity contribution >= 4 is 32.8 Å². The molecule has 0 saturated heterocycles. The number of para-hydroxylation sites is 2. The summed E-state index contributed by atoms with van der Waals surface area (Å²) in [5, 5.41) is 2.33. The van der Waals surface area contributed by atoms with Gasteiger partial charge in [-0.15, -0.1) is 0 Å². The van der Waals surface area contributed by atoms with E-state index in [-0.39, 0.29) is 5.63 Å². The van der Waals surface area contributed by atoms with Crippen LogP contribution in [0.25, 0.3) is 32.8 Å². The predicted molar refractivity (Wildman–Crippen MR) is 75.3 cm³/mol. The zero-order valence-corrected chi connectivity index (χ0v) is 9.96. The van der Waals surface area contributed by atoms with E-state index in [0.717, 1.165) is 16.3 Å². The summed E-state index contributed by atoms with van der Waals surface area (Å²) in [6.45, 7) is 0. The van der Waals surface area contributed by atoms with E-state index in [0.29, 0.717) is 16.5 Å². The zero-order valence-electron chi connectivity index (χ0n) is 9.96. The van der Waals surface area contributed by atoms with Crippen LogP contribution in [0.3, 0.4) is 0 Å². The van der Waals surface area contributed by atoms with E-state index < -0.39 is 0 Å². The van der Waals surface area contributed by atoms with E-state index in [1.807, 2.05) is 48.5 Å². The number of rotatable bonds is 0. The van der Waals surface area contributed by atoms with E-state index in [4.69, 9.17) is 4.42 Å². The normalized spacial score (nSPS) is 11.4. The van der Waals surface area contributed by atoms with Crippen molar-refractivity contribution in [1.29, 1.82) is 0 Å². The lowest BCUT2D eigenvalue weighted by Gasteiger charge is -2.03. The van der Waals surface area contributed by atoms with Gasteiger partial charge in [-0.2, -0.15) is 0 Å². The highest BCUT2D eigenvalue weighted by molar-refractivity contribution is 6.05. The second-order valence-electron chi connectivity index (χ2n) is 4.46. The molecule has 0 aliphatic carbocycles. The first-order valence-corrected chi connectivity index (χ1v) is 6.04. The largest absolute Gasteiger partial charge is 0.422 e. The van der Waals surface area contributed by atoms with Gasteiger partial charge in [-0.05, 0) is 24.3 Å². The molecule has 4 rings (SSSR count). The average molecular weight is 247 g/mol. The van der Waals surface area contributed by atoms with Gasteiger partial charge in [0.25, 0.3) is 0 Å². The van der Waals surface area contributed by atoms with Gasteiger partial charge in [0.05, 0.1) is 16.4 Å². The molecule has 4 aromatic rings. The standard InChI is InChI=1S/C16H9NO2/c18-16-12-9-10-5-1-3-7-13(10)17-15(12)11-6-2-4-8-14(11)19-16/h1-9H. The summed E-state index contributed by atoms with van der Waals surface area (Å²) < 4.78 is 5.33. The van der Waals surface area contributed by atoms with Crippen molar-refractivity contribution in [2.45, 2.75) is 0 Å². The Morgan fingerprint density at radius 3 is 2.63 bits per heavy atom. The van der Waals surface area contributed by atoms with Crippen molar-refractivity contribution in [2.75, 3.05) is 0 Å². The minimum Gasteiger partial charge on any atom is -0.422 e. The highest BCUT2D eigenvalue weighted by atomic mass is 16.4. The lowest BCUT2D eigenvalue weighted by Crippen LogP contribution is -2.01. The summed E-state index contributed by atoms with van der Waals surface area (Å²) in [7, 11) is 0. The summed E-state index contributed by atoms with van der Waals surface area (Å²) in [6.07, 6.45) is 0. The number of hydrogen-bond donors (Lipinski definition) is 0. The number of benzene rings is 2. The summed E-state index contributed by atoms with van der Waals surface area (Å²) in [5.74, 6) is 0. The van der Waals surface area contributed by atoms with Crippen LogP contribution >= 0.6 is 0 Å². The van der Waals surface area contributed by atoms with Crippen LogP contribution in [0, 0.1) is 0 Å². The van der Waals surface area contributed by atoms with Crippen molar-refractivity contribution in [3.05, 3.63) is 65.0 Å². The fourth-order valence-corrected chi connectivity index (χ4v) is 2.38. The summed E-state index contributed by atoms with van der Waals surface area (Å²) in [4.78, 5) is 16.6. The first-order chi connectivity index (χ1) is 9.33. The van der Waals surface area contributed by atoms with Crippen molar-refractivity contribution in [3.63, 3.8) is 0 Å². The highest BCUT2D eigenvalue weighted by Crippen LogP contribution is 2.24. The molecule has 0 aliphatic rings. The molecule has 0 N–H and O–H groups in total. The summed E-state index contributed by atoms with van der Waals surface area (Å²) in [6, 6.07) is 17.1. The molecule has 90 valence electrons. The topological polar surface area (TPSA) is 43.1 Å². The van der Waals surface area contributed by atoms with Crippen molar-refractivity contribution < 1.29 is 4.42 Å². The van der Waals surface area contributed by atoms with Crippen LogP contribution in [0.2, 0.25) is 0 Å². The SMILES string of the molecule is O=c1oc2ccccc2c2nc3ccccc3cc12. The molecule has 0 bridgehead atoms. The van der Waals surface area contributed by atoms with Gasteiger partial charge in [0.15, 0.2) is 0 Å². The van der Waals surface area contributed by atoms with Gasteiger partial charge in [0.2, 0.25) is 0 Å². The molecule has 3 nitrogen and oxygen atoms in total. The first kappa shape index (κ1) is 10.3. The zero-order chi connectivity index (χ0) is 12.8. The lowest BCUT2D eigenvalue weighted by molar-refractivity contribution is 0.569. The molecule has 0 atom stereocenters. The molecule has 0 fully saturated rings. The Labute approximate surface area is 108 Å². The van der Waals surface area contributed by atoms with E-state index >= 15 is 0 Å². The summed E-state index contributed by atoms with van der Waals surface area (Å²) >= 11 is 0. The second kappa shape index (κ2) is 3.65. The van der Waals surface area contributed by atoms with Crippen molar-refractivity contribution in [3.8, 4) is 0 Å².